The summed E-state index contributed by atoms with van der Waals surface area (Å²) in [7, 11) is 1.66. The van der Waals surface area contributed by atoms with Crippen molar-refractivity contribution in [2.75, 3.05) is 20.2 Å². The first kappa shape index (κ1) is 14.4. The Morgan fingerprint density at radius 2 is 2.21 bits per heavy atom. The van der Waals surface area contributed by atoms with Crippen molar-refractivity contribution >= 4 is 17.4 Å². The van der Waals surface area contributed by atoms with Gasteiger partial charge in [0, 0.05) is 25.6 Å². The maximum Gasteiger partial charge on any atom is 0.265 e. The minimum absolute atomic E-state index is 0.00702. The standard InChI is InChI=1S/C12H20N4O2S/c1-12(2,3)10-9(19-16-15-10)11(17)14-7-5-13-6-8(7)18-4/h7-8,13H,5-6H2,1-4H3,(H,14,17)/t7?,8-/m0/s1. The van der Waals surface area contributed by atoms with E-state index < -0.39 is 0 Å². The van der Waals surface area contributed by atoms with Crippen LogP contribution in [0.25, 0.3) is 0 Å². The molecule has 2 N–H and O–H groups in total. The average Bonchev–Trinajstić information content (AvgIpc) is 2.95. The van der Waals surface area contributed by atoms with Crippen LogP contribution in [0.5, 0.6) is 0 Å². The van der Waals surface area contributed by atoms with Crippen molar-refractivity contribution in [2.24, 2.45) is 0 Å². The van der Waals surface area contributed by atoms with Gasteiger partial charge >= 0.3 is 0 Å². The van der Waals surface area contributed by atoms with Gasteiger partial charge in [-0.2, -0.15) is 0 Å². The van der Waals surface area contributed by atoms with Crippen molar-refractivity contribution in [3.63, 3.8) is 0 Å². The molecule has 0 spiro atoms. The van der Waals surface area contributed by atoms with Crippen molar-refractivity contribution in [3.05, 3.63) is 10.6 Å². The van der Waals surface area contributed by atoms with E-state index in [4.69, 9.17) is 4.74 Å². The summed E-state index contributed by atoms with van der Waals surface area (Å²) in [5, 5.41) is 10.3. The van der Waals surface area contributed by atoms with Crippen molar-refractivity contribution in [3.8, 4) is 0 Å². The maximum atomic E-state index is 12.3. The Kier molecular flexibility index (Phi) is 4.17. The first-order valence-corrected chi connectivity index (χ1v) is 7.08. The summed E-state index contributed by atoms with van der Waals surface area (Å²) < 4.78 is 9.24. The van der Waals surface area contributed by atoms with Gasteiger partial charge in [0.05, 0.1) is 17.8 Å². The summed E-state index contributed by atoms with van der Waals surface area (Å²) >= 11 is 1.14. The molecular weight excluding hydrogens is 264 g/mol. The van der Waals surface area contributed by atoms with Crippen molar-refractivity contribution < 1.29 is 9.53 Å². The van der Waals surface area contributed by atoms with Gasteiger partial charge < -0.3 is 15.4 Å². The van der Waals surface area contributed by atoms with E-state index in [2.05, 4.69) is 20.2 Å². The zero-order valence-electron chi connectivity index (χ0n) is 11.7. The van der Waals surface area contributed by atoms with Gasteiger partial charge in [0.2, 0.25) is 0 Å². The fraction of sp³-hybridized carbons (Fsp3) is 0.750. The number of ether oxygens (including phenoxy) is 1. The number of rotatable bonds is 3. The highest BCUT2D eigenvalue weighted by molar-refractivity contribution is 7.08. The largest absolute Gasteiger partial charge is 0.378 e. The summed E-state index contributed by atoms with van der Waals surface area (Å²) in [5.74, 6) is -0.115. The van der Waals surface area contributed by atoms with E-state index >= 15 is 0 Å². The Balaban J connectivity index is 2.11. The van der Waals surface area contributed by atoms with E-state index in [1.165, 1.54) is 0 Å². The third-order valence-corrected chi connectivity index (χ3v) is 3.91. The second-order valence-electron chi connectivity index (χ2n) is 5.71. The fourth-order valence-electron chi connectivity index (χ4n) is 2.11. The van der Waals surface area contributed by atoms with Gasteiger partial charge in [0.15, 0.2) is 0 Å². The number of nitrogens with zero attached hydrogens (tertiary/aromatic N) is 2. The second-order valence-corrected chi connectivity index (χ2v) is 6.47. The van der Waals surface area contributed by atoms with Crippen LogP contribution >= 0.6 is 11.5 Å². The number of aromatic nitrogens is 2. The molecule has 0 aliphatic carbocycles. The molecule has 106 valence electrons. The smallest absolute Gasteiger partial charge is 0.265 e. The van der Waals surface area contributed by atoms with Crippen LogP contribution < -0.4 is 10.6 Å². The number of methoxy groups -OCH3 is 1. The highest BCUT2D eigenvalue weighted by atomic mass is 32.1. The van der Waals surface area contributed by atoms with Crippen molar-refractivity contribution in [1.29, 1.82) is 0 Å². The number of amides is 1. The Morgan fingerprint density at radius 1 is 1.47 bits per heavy atom. The molecule has 0 saturated carbocycles. The molecule has 1 unspecified atom stereocenters. The molecule has 1 fully saturated rings. The number of carbonyl (C=O) groups excluding carboxylic acids is 1. The van der Waals surface area contributed by atoms with Crippen LogP contribution in [0.3, 0.4) is 0 Å². The van der Waals surface area contributed by atoms with Gasteiger partial charge in [0.25, 0.3) is 5.91 Å². The molecule has 0 bridgehead atoms. The third-order valence-electron chi connectivity index (χ3n) is 3.18. The molecule has 1 amide bonds. The van der Waals surface area contributed by atoms with Crippen LogP contribution in [0.15, 0.2) is 0 Å². The molecule has 1 aliphatic rings. The molecule has 2 rings (SSSR count). The summed E-state index contributed by atoms with van der Waals surface area (Å²) in [6.45, 7) is 7.55. The highest BCUT2D eigenvalue weighted by Crippen LogP contribution is 2.25. The van der Waals surface area contributed by atoms with Crippen LogP contribution in [0.1, 0.15) is 36.1 Å². The molecule has 6 nitrogen and oxygen atoms in total. The lowest BCUT2D eigenvalue weighted by Crippen LogP contribution is -2.43. The number of nitrogens with one attached hydrogen (secondary N) is 2. The van der Waals surface area contributed by atoms with Crippen LogP contribution in [0, 0.1) is 0 Å². The first-order chi connectivity index (χ1) is 8.93. The molecule has 19 heavy (non-hydrogen) atoms. The second kappa shape index (κ2) is 5.52. The number of carbonyl (C=O) groups is 1. The van der Waals surface area contributed by atoms with Gasteiger partial charge in [-0.1, -0.05) is 25.3 Å². The van der Waals surface area contributed by atoms with Crippen molar-refractivity contribution in [2.45, 2.75) is 38.3 Å². The van der Waals surface area contributed by atoms with Gasteiger partial charge in [-0.3, -0.25) is 4.79 Å². The zero-order valence-corrected chi connectivity index (χ0v) is 12.5. The van der Waals surface area contributed by atoms with Gasteiger partial charge in [-0.25, -0.2) is 0 Å². The Bertz CT molecular complexity index is 455. The highest BCUT2D eigenvalue weighted by Gasteiger charge is 2.31. The molecule has 7 heteroatoms. The summed E-state index contributed by atoms with van der Waals surface area (Å²) in [6, 6.07) is -0.00702. The van der Waals surface area contributed by atoms with Crippen LogP contribution in [-0.2, 0) is 10.2 Å². The Labute approximate surface area is 117 Å². The topological polar surface area (TPSA) is 76.1 Å². The lowest BCUT2D eigenvalue weighted by atomic mass is 9.91. The first-order valence-electron chi connectivity index (χ1n) is 6.30. The number of hydrogen-bond donors (Lipinski definition) is 2. The lowest BCUT2D eigenvalue weighted by Gasteiger charge is -2.20. The van der Waals surface area contributed by atoms with Crippen LogP contribution in [0.2, 0.25) is 0 Å². The minimum atomic E-state index is -0.186. The monoisotopic (exact) mass is 284 g/mol. The summed E-state index contributed by atoms with van der Waals surface area (Å²) in [4.78, 5) is 12.9. The molecule has 0 aromatic carbocycles. The number of hydrogen-bond acceptors (Lipinski definition) is 6. The van der Waals surface area contributed by atoms with Crippen LogP contribution in [0.4, 0.5) is 0 Å². The molecule has 2 atom stereocenters. The SMILES string of the molecule is CO[C@H]1CNCC1NC(=O)c1snnc1C(C)(C)C. The molecule has 1 aliphatic heterocycles. The third kappa shape index (κ3) is 3.10. The summed E-state index contributed by atoms with van der Waals surface area (Å²) in [6.07, 6.45) is 0.0166. The van der Waals surface area contributed by atoms with Gasteiger partial charge in [-0.05, 0) is 11.5 Å². The molecule has 0 radical (unpaired) electrons. The van der Waals surface area contributed by atoms with Crippen LogP contribution in [-0.4, -0.2) is 47.8 Å². The molecule has 1 aromatic rings. The quantitative estimate of drug-likeness (QED) is 0.848. The molecule has 1 aromatic heterocycles. The molecular formula is C12H20N4O2S. The minimum Gasteiger partial charge on any atom is -0.378 e. The van der Waals surface area contributed by atoms with Gasteiger partial charge in [-0.15, -0.1) is 5.10 Å². The van der Waals surface area contributed by atoms with E-state index in [1.807, 2.05) is 20.8 Å². The van der Waals surface area contributed by atoms with E-state index in [0.29, 0.717) is 4.88 Å². The lowest BCUT2D eigenvalue weighted by molar-refractivity contribution is 0.0781. The molecule has 1 saturated heterocycles. The maximum absolute atomic E-state index is 12.3. The fourth-order valence-corrected chi connectivity index (χ4v) is 2.89. The van der Waals surface area contributed by atoms with E-state index in [9.17, 15) is 4.79 Å². The average molecular weight is 284 g/mol. The van der Waals surface area contributed by atoms with E-state index in [-0.39, 0.29) is 23.5 Å². The summed E-state index contributed by atoms with van der Waals surface area (Å²) in [5.41, 5.74) is 0.559. The van der Waals surface area contributed by atoms with E-state index in [1.54, 1.807) is 7.11 Å². The van der Waals surface area contributed by atoms with Gasteiger partial charge in [0.1, 0.15) is 4.88 Å². The molecule has 2 heterocycles. The Hall–Kier alpha value is -1.05. The normalized spacial score (nSPS) is 23.6. The Morgan fingerprint density at radius 3 is 2.84 bits per heavy atom. The van der Waals surface area contributed by atoms with Crippen molar-refractivity contribution in [1.82, 2.24) is 20.2 Å². The van der Waals surface area contributed by atoms with E-state index in [0.717, 1.165) is 30.3 Å². The zero-order chi connectivity index (χ0) is 14.0. The predicted octanol–water partition coefficient (Wildman–Crippen LogP) is 0.552. The predicted molar refractivity (Wildman–Crippen MR) is 73.5 cm³/mol.